The van der Waals surface area contributed by atoms with Gasteiger partial charge in [0.1, 0.15) is 23.0 Å². The molecule has 0 aliphatic carbocycles. The molecule has 1 aromatic heterocycles. The zero-order valence-corrected chi connectivity index (χ0v) is 13.1. The first-order valence-electron chi connectivity index (χ1n) is 5.14. The lowest BCUT2D eigenvalue weighted by Gasteiger charge is -2.04. The van der Waals surface area contributed by atoms with E-state index < -0.39 is 0 Å². The molecule has 0 atom stereocenters. The van der Waals surface area contributed by atoms with Gasteiger partial charge in [-0.1, -0.05) is 11.6 Å². The number of pyridine rings is 1. The van der Waals surface area contributed by atoms with E-state index in [2.05, 4.69) is 42.2 Å². The Bertz CT molecular complexity index is 578. The molecule has 0 saturated carbocycles. The first kappa shape index (κ1) is 13.6. The fourth-order valence-corrected chi connectivity index (χ4v) is 2.81. The normalized spacial score (nSPS) is 10.4. The van der Waals surface area contributed by atoms with Gasteiger partial charge in [0, 0.05) is 10.6 Å². The average molecular weight is 393 g/mol. The lowest BCUT2D eigenvalue weighted by atomic mass is 10.2. The summed E-state index contributed by atoms with van der Waals surface area (Å²) in [5.41, 5.74) is 0.741. The molecule has 1 aromatic carbocycles. The van der Waals surface area contributed by atoms with Gasteiger partial charge in [-0.3, -0.25) is 5.32 Å². The second-order valence-corrected chi connectivity index (χ2v) is 5.87. The van der Waals surface area contributed by atoms with E-state index in [1.165, 1.54) is 0 Å². The molecular weight excluding hydrogens is 383 g/mol. The van der Waals surface area contributed by atoms with Crippen molar-refractivity contribution in [3.63, 3.8) is 0 Å². The molecule has 2 rings (SSSR count). The van der Waals surface area contributed by atoms with Crippen LogP contribution >= 0.6 is 43.5 Å². The van der Waals surface area contributed by atoms with E-state index in [0.717, 1.165) is 20.3 Å². The molecule has 0 spiro atoms. The Hall–Kier alpha value is -0.780. The summed E-state index contributed by atoms with van der Waals surface area (Å²) in [5.74, 6) is 1.05. The molecule has 0 aliphatic rings. The maximum Gasteiger partial charge on any atom is 0.287 e. The van der Waals surface area contributed by atoms with E-state index in [1.54, 1.807) is 18.2 Å². The maximum atomic E-state index is 9.70. The first-order valence-corrected chi connectivity index (χ1v) is 7.10. The minimum Gasteiger partial charge on any atom is -0.508 e. The van der Waals surface area contributed by atoms with E-state index >= 15 is 0 Å². The molecule has 3 nitrogen and oxygen atoms in total. The third-order valence-corrected chi connectivity index (χ3v) is 3.67. The van der Waals surface area contributed by atoms with Crippen molar-refractivity contribution in [2.24, 2.45) is 0 Å². The number of hydrogen-bond acceptors (Lipinski definition) is 2. The number of phenols is 1. The summed E-state index contributed by atoms with van der Waals surface area (Å²) in [7, 11) is 0. The zero-order chi connectivity index (χ0) is 13.1. The van der Waals surface area contributed by atoms with Crippen LogP contribution in [-0.4, -0.2) is 5.11 Å². The van der Waals surface area contributed by atoms with Gasteiger partial charge >= 0.3 is 0 Å². The number of nitrogens with one attached hydrogen (secondary N) is 2. The van der Waals surface area contributed by atoms with E-state index in [9.17, 15) is 5.11 Å². The van der Waals surface area contributed by atoms with Crippen LogP contribution in [-0.2, 0) is 6.54 Å². The molecule has 94 valence electrons. The van der Waals surface area contributed by atoms with Crippen LogP contribution in [0.4, 0.5) is 5.82 Å². The third-order valence-electron chi connectivity index (χ3n) is 2.35. The molecule has 0 bridgehead atoms. The quantitative estimate of drug-likeness (QED) is 0.828. The Labute approximate surface area is 126 Å². The van der Waals surface area contributed by atoms with Crippen LogP contribution in [0.2, 0.25) is 5.02 Å². The number of aromatic nitrogens is 1. The Balaban J connectivity index is 2.13. The summed E-state index contributed by atoms with van der Waals surface area (Å²) in [4.78, 5) is 3.09. The van der Waals surface area contributed by atoms with Gasteiger partial charge in [-0.25, -0.2) is 4.98 Å². The number of hydrogen-bond donors (Lipinski definition) is 2. The minimum atomic E-state index is 0.222. The molecule has 6 heteroatoms. The number of rotatable bonds is 3. The summed E-state index contributed by atoms with van der Waals surface area (Å²) >= 11 is 12.7. The highest BCUT2D eigenvalue weighted by Gasteiger charge is 2.10. The molecule has 18 heavy (non-hydrogen) atoms. The average Bonchev–Trinajstić information content (AvgIpc) is 2.32. The van der Waals surface area contributed by atoms with Crippen LogP contribution in [0.25, 0.3) is 0 Å². The smallest absolute Gasteiger partial charge is 0.287 e. The van der Waals surface area contributed by atoms with Gasteiger partial charge in [-0.2, -0.15) is 0 Å². The van der Waals surface area contributed by atoms with E-state index in [4.69, 9.17) is 11.6 Å². The predicted octanol–water partition coefficient (Wildman–Crippen LogP) is 4.00. The summed E-state index contributed by atoms with van der Waals surface area (Å²) in [6.07, 6.45) is 1.82. The number of phenolic OH excluding ortho intramolecular Hbond substituents is 1. The molecule has 0 radical (unpaired) electrons. The van der Waals surface area contributed by atoms with Crippen LogP contribution in [0, 0.1) is 0 Å². The predicted molar refractivity (Wildman–Crippen MR) is 78.8 cm³/mol. The van der Waals surface area contributed by atoms with Crippen LogP contribution < -0.4 is 10.3 Å². The first-order chi connectivity index (χ1) is 8.56. The topological polar surface area (TPSA) is 46.4 Å². The molecular formula is C12H10Br2ClN2O+. The standard InChI is InChI=1S/C12H9Br2ClN2O/c13-8-4-10(14)12(17-6-8)16-5-7-3-9(15)1-2-11(7)18/h1-4,6,18H,5H2,(H,16,17)/p+1. The van der Waals surface area contributed by atoms with Crippen molar-refractivity contribution in [1.29, 1.82) is 0 Å². The summed E-state index contributed by atoms with van der Waals surface area (Å²) in [6, 6.07) is 6.90. The Kier molecular flexibility index (Phi) is 4.48. The number of H-pyrrole nitrogens is 1. The zero-order valence-electron chi connectivity index (χ0n) is 9.17. The van der Waals surface area contributed by atoms with Gasteiger partial charge in [0.15, 0.2) is 0 Å². The van der Waals surface area contributed by atoms with Crippen molar-refractivity contribution in [2.75, 3.05) is 5.32 Å². The highest BCUT2D eigenvalue weighted by molar-refractivity contribution is 9.11. The Morgan fingerprint density at radius 1 is 1.28 bits per heavy atom. The SMILES string of the molecule is Oc1ccc(Cl)cc1CNc1[nH+]cc(Br)cc1Br. The number of benzene rings is 1. The van der Waals surface area contributed by atoms with Crippen molar-refractivity contribution < 1.29 is 10.1 Å². The van der Waals surface area contributed by atoms with Crippen LogP contribution in [0.15, 0.2) is 39.4 Å². The summed E-state index contributed by atoms with van der Waals surface area (Å²) < 4.78 is 1.85. The van der Waals surface area contributed by atoms with Gasteiger partial charge in [0.25, 0.3) is 5.82 Å². The van der Waals surface area contributed by atoms with Crippen LogP contribution in [0.1, 0.15) is 5.56 Å². The Morgan fingerprint density at radius 3 is 2.78 bits per heavy atom. The lowest BCUT2D eigenvalue weighted by molar-refractivity contribution is -0.362. The summed E-state index contributed by atoms with van der Waals surface area (Å²) in [5, 5.41) is 13.5. The molecule has 1 heterocycles. The fraction of sp³-hybridized carbons (Fsp3) is 0.0833. The second-order valence-electron chi connectivity index (χ2n) is 3.67. The number of anilines is 1. The maximum absolute atomic E-state index is 9.70. The minimum absolute atomic E-state index is 0.222. The molecule has 2 aromatic rings. The number of aromatic hydroxyl groups is 1. The fourth-order valence-electron chi connectivity index (χ4n) is 1.46. The van der Waals surface area contributed by atoms with Gasteiger partial charge in [-0.05, 0) is 56.1 Å². The van der Waals surface area contributed by atoms with Gasteiger partial charge < -0.3 is 5.11 Å². The van der Waals surface area contributed by atoms with E-state index in [-0.39, 0.29) is 5.75 Å². The van der Waals surface area contributed by atoms with Crippen molar-refractivity contribution in [3.05, 3.63) is 50.0 Å². The van der Waals surface area contributed by atoms with E-state index in [0.29, 0.717) is 11.6 Å². The van der Waals surface area contributed by atoms with Crippen molar-refractivity contribution in [2.45, 2.75) is 6.54 Å². The monoisotopic (exact) mass is 391 g/mol. The molecule has 0 amide bonds. The van der Waals surface area contributed by atoms with Crippen LogP contribution in [0.5, 0.6) is 5.75 Å². The number of halogens is 3. The molecule has 0 saturated heterocycles. The van der Waals surface area contributed by atoms with Crippen molar-refractivity contribution >= 4 is 49.3 Å². The van der Waals surface area contributed by atoms with Crippen molar-refractivity contribution in [3.8, 4) is 5.75 Å². The third kappa shape index (κ3) is 3.37. The van der Waals surface area contributed by atoms with E-state index in [1.807, 2.05) is 12.3 Å². The molecule has 0 fully saturated rings. The lowest BCUT2D eigenvalue weighted by Crippen LogP contribution is -2.13. The van der Waals surface area contributed by atoms with Gasteiger partial charge in [-0.15, -0.1) is 0 Å². The number of aromatic amines is 1. The molecule has 0 unspecified atom stereocenters. The molecule has 0 aliphatic heterocycles. The van der Waals surface area contributed by atoms with Crippen molar-refractivity contribution in [1.82, 2.24) is 0 Å². The highest BCUT2D eigenvalue weighted by atomic mass is 79.9. The Morgan fingerprint density at radius 2 is 2.06 bits per heavy atom. The summed E-state index contributed by atoms with van der Waals surface area (Å²) in [6.45, 7) is 0.475. The van der Waals surface area contributed by atoms with Crippen LogP contribution in [0.3, 0.4) is 0 Å². The molecule has 3 N–H and O–H groups in total. The largest absolute Gasteiger partial charge is 0.508 e. The highest BCUT2D eigenvalue weighted by Crippen LogP contribution is 2.24. The van der Waals surface area contributed by atoms with Gasteiger partial charge in [0.05, 0.1) is 4.47 Å². The van der Waals surface area contributed by atoms with Gasteiger partial charge in [0.2, 0.25) is 0 Å². The second kappa shape index (κ2) is 5.91.